The van der Waals surface area contributed by atoms with Crippen molar-refractivity contribution in [3.63, 3.8) is 0 Å². The van der Waals surface area contributed by atoms with E-state index in [0.29, 0.717) is 13.0 Å². The third-order valence-corrected chi connectivity index (χ3v) is 3.51. The molecule has 1 aliphatic heterocycles. The number of rotatable bonds is 2. The smallest absolute Gasteiger partial charge is 0.214 e. The number of β-amino-alcohol motifs (C(OH)–C–C–N with tert-alkyl or cyclic N) is 1. The molecule has 0 aromatic rings. The van der Waals surface area contributed by atoms with E-state index in [4.69, 9.17) is 5.11 Å². The highest BCUT2D eigenvalue weighted by Gasteiger charge is 2.26. The van der Waals surface area contributed by atoms with E-state index in [9.17, 15) is 8.42 Å². The molecule has 0 unspecified atom stereocenters. The van der Waals surface area contributed by atoms with Crippen molar-refractivity contribution in [2.45, 2.75) is 6.42 Å². The van der Waals surface area contributed by atoms with Gasteiger partial charge in [0.1, 0.15) is 0 Å². The standard InChI is InChI=1S/C5H11NO3S/c7-4-3-6-2-1-5-10(6,8)9/h7H,1-5H2. The minimum atomic E-state index is -2.98. The van der Waals surface area contributed by atoms with Crippen molar-refractivity contribution in [3.8, 4) is 0 Å². The van der Waals surface area contributed by atoms with Crippen LogP contribution in [0.2, 0.25) is 0 Å². The zero-order valence-electron chi connectivity index (χ0n) is 5.65. The highest BCUT2D eigenvalue weighted by molar-refractivity contribution is 7.89. The predicted octanol–water partition coefficient (Wildman–Crippen LogP) is -0.986. The van der Waals surface area contributed by atoms with Crippen molar-refractivity contribution in [3.05, 3.63) is 0 Å². The molecule has 0 bridgehead atoms. The fourth-order valence-corrected chi connectivity index (χ4v) is 2.57. The number of aliphatic hydroxyl groups is 1. The first-order valence-corrected chi connectivity index (χ1v) is 4.86. The summed E-state index contributed by atoms with van der Waals surface area (Å²) in [6.07, 6.45) is 0.697. The number of hydrogen-bond donors (Lipinski definition) is 1. The Hall–Kier alpha value is -0.130. The zero-order valence-corrected chi connectivity index (χ0v) is 6.47. The molecular weight excluding hydrogens is 154 g/mol. The molecule has 1 aliphatic rings. The average Bonchev–Trinajstić information content (AvgIpc) is 2.13. The van der Waals surface area contributed by atoms with E-state index in [0.717, 1.165) is 0 Å². The molecule has 1 heterocycles. The minimum absolute atomic E-state index is 0.0841. The van der Waals surface area contributed by atoms with Crippen LogP contribution in [0, 0.1) is 0 Å². The summed E-state index contributed by atoms with van der Waals surface area (Å²) in [5.41, 5.74) is 0. The fourth-order valence-electron chi connectivity index (χ4n) is 1.05. The van der Waals surface area contributed by atoms with Crippen LogP contribution < -0.4 is 0 Å². The first-order valence-electron chi connectivity index (χ1n) is 3.25. The van der Waals surface area contributed by atoms with Crippen LogP contribution in [0.3, 0.4) is 0 Å². The van der Waals surface area contributed by atoms with Crippen LogP contribution in [0.25, 0.3) is 0 Å². The van der Waals surface area contributed by atoms with Gasteiger partial charge in [0.2, 0.25) is 10.0 Å². The van der Waals surface area contributed by atoms with Gasteiger partial charge in [-0.25, -0.2) is 8.42 Å². The van der Waals surface area contributed by atoms with Gasteiger partial charge in [-0.2, -0.15) is 4.31 Å². The minimum Gasteiger partial charge on any atom is -0.395 e. The Morgan fingerprint density at radius 3 is 2.60 bits per heavy atom. The Bertz CT molecular complexity index is 199. The maximum absolute atomic E-state index is 11.0. The van der Waals surface area contributed by atoms with Gasteiger partial charge in [0.15, 0.2) is 0 Å². The van der Waals surface area contributed by atoms with Gasteiger partial charge in [0.05, 0.1) is 12.4 Å². The van der Waals surface area contributed by atoms with E-state index in [-0.39, 0.29) is 18.9 Å². The molecule has 0 saturated carbocycles. The van der Waals surface area contributed by atoms with Gasteiger partial charge in [0.25, 0.3) is 0 Å². The molecule has 0 spiro atoms. The predicted molar refractivity (Wildman–Crippen MR) is 37.1 cm³/mol. The summed E-state index contributed by atoms with van der Waals surface area (Å²) in [5.74, 6) is 0.243. The Morgan fingerprint density at radius 2 is 2.20 bits per heavy atom. The zero-order chi connectivity index (χ0) is 7.61. The van der Waals surface area contributed by atoms with Gasteiger partial charge in [-0.3, -0.25) is 0 Å². The Morgan fingerprint density at radius 1 is 1.50 bits per heavy atom. The van der Waals surface area contributed by atoms with Gasteiger partial charge in [-0.05, 0) is 6.42 Å². The monoisotopic (exact) mass is 165 g/mol. The molecule has 0 atom stereocenters. The molecule has 0 amide bonds. The average molecular weight is 165 g/mol. The first-order chi connectivity index (χ1) is 4.67. The van der Waals surface area contributed by atoms with Crippen molar-refractivity contribution < 1.29 is 13.5 Å². The van der Waals surface area contributed by atoms with Crippen molar-refractivity contribution in [2.24, 2.45) is 0 Å². The second kappa shape index (κ2) is 2.86. The molecule has 4 nitrogen and oxygen atoms in total. The summed E-state index contributed by atoms with van der Waals surface area (Å²) in [5, 5.41) is 8.45. The lowest BCUT2D eigenvalue weighted by molar-refractivity contribution is 0.259. The Kier molecular flexibility index (Phi) is 2.28. The van der Waals surface area contributed by atoms with Gasteiger partial charge >= 0.3 is 0 Å². The van der Waals surface area contributed by atoms with Gasteiger partial charge in [-0.15, -0.1) is 0 Å². The molecule has 1 saturated heterocycles. The Labute approximate surface area is 60.5 Å². The summed E-state index contributed by atoms with van der Waals surface area (Å²) in [6.45, 7) is 0.741. The molecular formula is C5H11NO3S. The molecule has 0 radical (unpaired) electrons. The number of sulfonamides is 1. The number of hydrogen-bond acceptors (Lipinski definition) is 3. The lowest BCUT2D eigenvalue weighted by Gasteiger charge is -2.10. The fraction of sp³-hybridized carbons (Fsp3) is 1.00. The summed E-state index contributed by atoms with van der Waals surface area (Å²) in [4.78, 5) is 0. The van der Waals surface area contributed by atoms with Crippen molar-refractivity contribution in [1.29, 1.82) is 0 Å². The largest absolute Gasteiger partial charge is 0.395 e. The third-order valence-electron chi connectivity index (χ3n) is 1.55. The van der Waals surface area contributed by atoms with Crippen LogP contribution in [0.4, 0.5) is 0 Å². The third kappa shape index (κ3) is 1.47. The van der Waals surface area contributed by atoms with E-state index in [1.165, 1.54) is 4.31 Å². The molecule has 1 N–H and O–H groups in total. The maximum Gasteiger partial charge on any atom is 0.214 e. The van der Waals surface area contributed by atoms with E-state index >= 15 is 0 Å². The quantitative estimate of drug-likeness (QED) is 0.572. The van der Waals surface area contributed by atoms with Gasteiger partial charge in [0, 0.05) is 13.1 Å². The van der Waals surface area contributed by atoms with E-state index in [1.807, 2.05) is 0 Å². The van der Waals surface area contributed by atoms with Gasteiger partial charge < -0.3 is 5.11 Å². The SMILES string of the molecule is O=S1(=O)CCCN1CCO. The van der Waals surface area contributed by atoms with E-state index in [2.05, 4.69) is 0 Å². The summed E-state index contributed by atoms with van der Waals surface area (Å²) in [6, 6.07) is 0. The maximum atomic E-state index is 11.0. The van der Waals surface area contributed by atoms with E-state index in [1.54, 1.807) is 0 Å². The lowest BCUT2D eigenvalue weighted by Crippen LogP contribution is -2.28. The molecule has 10 heavy (non-hydrogen) atoms. The lowest BCUT2D eigenvalue weighted by atomic mass is 10.5. The molecule has 60 valence electrons. The normalized spacial score (nSPS) is 25.3. The van der Waals surface area contributed by atoms with Crippen LogP contribution in [0.15, 0.2) is 0 Å². The molecule has 0 aromatic carbocycles. The highest BCUT2D eigenvalue weighted by Crippen LogP contribution is 2.11. The summed E-state index contributed by atoms with van der Waals surface area (Å²) in [7, 11) is -2.98. The molecule has 0 aliphatic carbocycles. The molecule has 1 rings (SSSR count). The van der Waals surface area contributed by atoms with Crippen molar-refractivity contribution in [1.82, 2.24) is 4.31 Å². The number of aliphatic hydroxyl groups excluding tert-OH is 1. The second-order valence-electron chi connectivity index (χ2n) is 2.29. The Balaban J connectivity index is 2.60. The van der Waals surface area contributed by atoms with Crippen molar-refractivity contribution in [2.75, 3.05) is 25.4 Å². The first kappa shape index (κ1) is 7.97. The van der Waals surface area contributed by atoms with Crippen molar-refractivity contribution >= 4 is 10.0 Å². The van der Waals surface area contributed by atoms with Crippen LogP contribution in [-0.4, -0.2) is 43.3 Å². The van der Waals surface area contributed by atoms with E-state index < -0.39 is 10.0 Å². The molecule has 5 heteroatoms. The van der Waals surface area contributed by atoms with Crippen LogP contribution >= 0.6 is 0 Å². The number of nitrogens with zero attached hydrogens (tertiary/aromatic N) is 1. The van der Waals surface area contributed by atoms with Crippen LogP contribution in [0.5, 0.6) is 0 Å². The van der Waals surface area contributed by atoms with Gasteiger partial charge in [-0.1, -0.05) is 0 Å². The highest BCUT2D eigenvalue weighted by atomic mass is 32.2. The topological polar surface area (TPSA) is 57.6 Å². The molecule has 1 fully saturated rings. The summed E-state index contributed by atoms with van der Waals surface area (Å²) >= 11 is 0. The van der Waals surface area contributed by atoms with Crippen LogP contribution in [0.1, 0.15) is 6.42 Å². The summed E-state index contributed by atoms with van der Waals surface area (Å²) < 4.78 is 23.3. The van der Waals surface area contributed by atoms with Crippen LogP contribution in [-0.2, 0) is 10.0 Å². The second-order valence-corrected chi connectivity index (χ2v) is 4.38. The molecule has 0 aromatic heterocycles.